The average molecular weight is 391 g/mol. The summed E-state index contributed by atoms with van der Waals surface area (Å²) in [6, 6.07) is 6.68. The lowest BCUT2D eigenvalue weighted by molar-refractivity contribution is 0.102. The van der Waals surface area contributed by atoms with E-state index in [9.17, 15) is 9.18 Å². The number of nitrogens with zero attached hydrogens (tertiary/aromatic N) is 2. The van der Waals surface area contributed by atoms with Crippen LogP contribution in [0.3, 0.4) is 0 Å². The second-order valence-corrected chi connectivity index (χ2v) is 6.23. The number of carbonyl (C=O) groups is 1. The molecule has 0 saturated carbocycles. The first kappa shape index (κ1) is 18.7. The number of rotatable bonds is 4. The number of ether oxygens (including phenoxy) is 2. The summed E-state index contributed by atoms with van der Waals surface area (Å²) < 4.78 is 24.5. The minimum Gasteiger partial charge on any atom is -0.497 e. The van der Waals surface area contributed by atoms with Gasteiger partial charge in [0.1, 0.15) is 29.2 Å². The van der Waals surface area contributed by atoms with E-state index in [2.05, 4.69) is 15.3 Å². The molecule has 1 aliphatic heterocycles. The first-order valence-corrected chi connectivity index (χ1v) is 8.36. The fraction of sp³-hybridized carbons (Fsp3) is 0.167. The zero-order valence-electron chi connectivity index (χ0n) is 14.3. The molecule has 1 aromatic carbocycles. The highest BCUT2D eigenvalue weighted by atomic mass is 35.5. The topological polar surface area (TPSA) is 98.8 Å². The Morgan fingerprint density at radius 1 is 1.44 bits per heavy atom. The highest BCUT2D eigenvalue weighted by Crippen LogP contribution is 2.24. The number of amidine groups is 1. The Balaban J connectivity index is 1.74. The van der Waals surface area contributed by atoms with Gasteiger partial charge in [0.2, 0.25) is 0 Å². The molecule has 0 unspecified atom stereocenters. The average Bonchev–Trinajstić information content (AvgIpc) is 3.03. The van der Waals surface area contributed by atoms with Crippen LogP contribution < -0.4 is 11.1 Å². The van der Waals surface area contributed by atoms with E-state index in [0.717, 1.165) is 6.07 Å². The van der Waals surface area contributed by atoms with Gasteiger partial charge in [-0.1, -0.05) is 18.5 Å². The maximum Gasteiger partial charge on any atom is 0.292 e. The molecular weight excluding hydrogens is 375 g/mol. The van der Waals surface area contributed by atoms with Crippen LogP contribution in [0.2, 0.25) is 5.02 Å². The Morgan fingerprint density at radius 2 is 2.26 bits per heavy atom. The number of aromatic nitrogens is 1. The van der Waals surface area contributed by atoms with Gasteiger partial charge in [0.15, 0.2) is 0 Å². The molecule has 2 heterocycles. The quantitative estimate of drug-likeness (QED) is 0.614. The number of nitrogens with two attached hydrogens (primary N) is 1. The highest BCUT2D eigenvalue weighted by Gasteiger charge is 2.19. The predicted octanol–water partition coefficient (Wildman–Crippen LogP) is 3.60. The fourth-order valence-corrected chi connectivity index (χ4v) is 2.35. The number of hydrogen-bond donors (Lipinski definition) is 2. The summed E-state index contributed by atoms with van der Waals surface area (Å²) >= 11 is 5.75. The van der Waals surface area contributed by atoms with Gasteiger partial charge in [0.05, 0.1) is 17.5 Å². The SMILES string of the molecule is C[C@H]1COC=C1O/C(N)=N\c1cc(NC(=O)c2ccc(Cl)cn2)ccc1F. The molecule has 0 saturated heterocycles. The normalized spacial score (nSPS) is 16.5. The Labute approximate surface area is 159 Å². The van der Waals surface area contributed by atoms with Gasteiger partial charge >= 0.3 is 0 Å². The molecule has 1 atom stereocenters. The molecule has 0 aliphatic carbocycles. The van der Waals surface area contributed by atoms with Crippen molar-refractivity contribution in [3.63, 3.8) is 0 Å². The maximum absolute atomic E-state index is 14.0. The minimum atomic E-state index is -0.617. The van der Waals surface area contributed by atoms with Crippen LogP contribution in [0.25, 0.3) is 0 Å². The van der Waals surface area contributed by atoms with Crippen molar-refractivity contribution in [2.75, 3.05) is 11.9 Å². The third-order valence-electron chi connectivity index (χ3n) is 3.65. The maximum atomic E-state index is 14.0. The van der Waals surface area contributed by atoms with Gasteiger partial charge in [0, 0.05) is 11.9 Å². The summed E-state index contributed by atoms with van der Waals surface area (Å²) in [5.74, 6) is -0.551. The molecule has 1 aromatic heterocycles. The lowest BCUT2D eigenvalue weighted by atomic mass is 10.2. The summed E-state index contributed by atoms with van der Waals surface area (Å²) in [4.78, 5) is 20.0. The van der Waals surface area contributed by atoms with Crippen molar-refractivity contribution in [3.8, 4) is 0 Å². The molecule has 3 rings (SSSR count). The number of nitrogens with one attached hydrogen (secondary N) is 1. The lowest BCUT2D eigenvalue weighted by Crippen LogP contribution is -2.17. The molecule has 7 nitrogen and oxygen atoms in total. The van der Waals surface area contributed by atoms with Crippen LogP contribution in [0.5, 0.6) is 0 Å². The predicted molar refractivity (Wildman–Crippen MR) is 99.2 cm³/mol. The number of halogens is 2. The molecule has 0 radical (unpaired) electrons. The third-order valence-corrected chi connectivity index (χ3v) is 3.87. The van der Waals surface area contributed by atoms with E-state index in [0.29, 0.717) is 23.1 Å². The van der Waals surface area contributed by atoms with Gasteiger partial charge in [-0.3, -0.25) is 4.79 Å². The number of pyridine rings is 1. The number of carbonyl (C=O) groups excluding carboxylic acids is 1. The fourth-order valence-electron chi connectivity index (χ4n) is 2.24. The van der Waals surface area contributed by atoms with Crippen LogP contribution in [0.15, 0.2) is 53.5 Å². The highest BCUT2D eigenvalue weighted by molar-refractivity contribution is 6.30. The summed E-state index contributed by atoms with van der Waals surface area (Å²) in [6.45, 7) is 2.38. The summed E-state index contributed by atoms with van der Waals surface area (Å²) in [5, 5.41) is 3.02. The first-order chi connectivity index (χ1) is 12.9. The van der Waals surface area contributed by atoms with E-state index in [1.165, 1.54) is 30.7 Å². The van der Waals surface area contributed by atoms with Crippen LogP contribution in [-0.2, 0) is 9.47 Å². The van der Waals surface area contributed by atoms with E-state index in [1.54, 1.807) is 6.07 Å². The summed E-state index contributed by atoms with van der Waals surface area (Å²) in [6.07, 6.45) is 2.80. The molecule has 0 spiro atoms. The number of amides is 1. The number of hydrogen-bond acceptors (Lipinski definition) is 5. The second-order valence-electron chi connectivity index (χ2n) is 5.79. The van der Waals surface area contributed by atoms with Crippen LogP contribution in [-0.4, -0.2) is 23.5 Å². The number of aliphatic imine (C=N–C) groups is 1. The lowest BCUT2D eigenvalue weighted by Gasteiger charge is -2.09. The van der Waals surface area contributed by atoms with Crippen LogP contribution in [0.4, 0.5) is 15.8 Å². The zero-order valence-corrected chi connectivity index (χ0v) is 15.0. The van der Waals surface area contributed by atoms with E-state index >= 15 is 0 Å². The van der Waals surface area contributed by atoms with E-state index in [1.807, 2.05) is 6.92 Å². The standard InChI is InChI=1S/C18H16ClFN4O3/c1-10-8-26-9-16(10)27-18(21)24-15-6-12(3-4-13(15)20)23-17(25)14-5-2-11(19)7-22-14/h2-7,9-10H,8H2,1H3,(H2,21,24)(H,23,25)/t10-/m0/s1. The Bertz CT molecular complexity index is 915. The summed E-state index contributed by atoms with van der Waals surface area (Å²) in [7, 11) is 0. The van der Waals surface area contributed by atoms with Gasteiger partial charge < -0.3 is 20.5 Å². The van der Waals surface area contributed by atoms with Gasteiger partial charge in [-0.15, -0.1) is 0 Å². The van der Waals surface area contributed by atoms with Crippen molar-refractivity contribution in [2.24, 2.45) is 16.6 Å². The van der Waals surface area contributed by atoms with Crippen LogP contribution in [0, 0.1) is 11.7 Å². The van der Waals surface area contributed by atoms with Gasteiger partial charge in [-0.2, -0.15) is 4.99 Å². The molecular formula is C18H16ClFN4O3. The smallest absolute Gasteiger partial charge is 0.292 e. The Hall–Kier alpha value is -3.13. The zero-order chi connectivity index (χ0) is 19.4. The largest absolute Gasteiger partial charge is 0.497 e. The molecule has 140 valence electrons. The van der Waals surface area contributed by atoms with Crippen molar-refractivity contribution in [2.45, 2.75) is 6.92 Å². The molecule has 9 heteroatoms. The van der Waals surface area contributed by atoms with Gasteiger partial charge in [0.25, 0.3) is 11.9 Å². The molecule has 27 heavy (non-hydrogen) atoms. The minimum absolute atomic E-state index is 0.0288. The number of benzene rings is 1. The summed E-state index contributed by atoms with van der Waals surface area (Å²) in [5.41, 5.74) is 6.13. The van der Waals surface area contributed by atoms with Crippen molar-refractivity contribution >= 4 is 34.9 Å². The van der Waals surface area contributed by atoms with E-state index < -0.39 is 11.7 Å². The number of anilines is 1. The molecule has 3 N–H and O–H groups in total. The van der Waals surface area contributed by atoms with Crippen LogP contribution in [0.1, 0.15) is 17.4 Å². The second kappa shape index (κ2) is 8.05. The Kier molecular flexibility index (Phi) is 5.56. The molecule has 2 aromatic rings. The Morgan fingerprint density at radius 3 is 2.93 bits per heavy atom. The van der Waals surface area contributed by atoms with Gasteiger partial charge in [-0.25, -0.2) is 9.37 Å². The van der Waals surface area contributed by atoms with Crippen LogP contribution >= 0.6 is 11.6 Å². The molecule has 1 aliphatic rings. The first-order valence-electron chi connectivity index (χ1n) is 7.98. The van der Waals surface area contributed by atoms with Crippen molar-refractivity contribution in [1.82, 2.24) is 4.98 Å². The molecule has 0 fully saturated rings. The van der Waals surface area contributed by atoms with E-state index in [4.69, 9.17) is 26.8 Å². The van der Waals surface area contributed by atoms with Crippen molar-refractivity contribution in [1.29, 1.82) is 0 Å². The van der Waals surface area contributed by atoms with Gasteiger partial charge in [-0.05, 0) is 30.3 Å². The third kappa shape index (κ3) is 4.73. The molecule has 1 amide bonds. The van der Waals surface area contributed by atoms with Crippen molar-refractivity contribution < 1.29 is 18.7 Å². The monoisotopic (exact) mass is 390 g/mol. The van der Waals surface area contributed by atoms with Crippen molar-refractivity contribution in [3.05, 3.63) is 65.1 Å². The molecule has 0 bridgehead atoms. The van der Waals surface area contributed by atoms with E-state index in [-0.39, 0.29) is 23.3 Å².